The molecule has 0 saturated carbocycles. The third kappa shape index (κ3) is 3.67. The first-order chi connectivity index (χ1) is 12.7. The topological polar surface area (TPSA) is 83.1 Å². The van der Waals surface area contributed by atoms with Gasteiger partial charge in [-0.15, -0.1) is 0 Å². The van der Waals surface area contributed by atoms with Crippen molar-refractivity contribution < 1.29 is 14.9 Å². The third-order valence-electron chi connectivity index (χ3n) is 4.21. The van der Waals surface area contributed by atoms with Gasteiger partial charge in [0.2, 0.25) is 10.8 Å². The molecular formula is C18H24N4O3S. The van der Waals surface area contributed by atoms with E-state index in [2.05, 4.69) is 21.9 Å². The number of thiazole rings is 1. The van der Waals surface area contributed by atoms with Crippen molar-refractivity contribution in [2.75, 3.05) is 26.3 Å². The predicted molar refractivity (Wildman–Crippen MR) is 101 cm³/mol. The smallest absolute Gasteiger partial charge is 0.230 e. The van der Waals surface area contributed by atoms with Gasteiger partial charge < -0.3 is 14.9 Å². The molecule has 0 amide bonds. The van der Waals surface area contributed by atoms with E-state index in [1.54, 1.807) is 0 Å². The zero-order valence-electron chi connectivity index (χ0n) is 15.0. The molecule has 2 N–H and O–H groups in total. The lowest BCUT2D eigenvalue weighted by Crippen LogP contribution is -2.31. The molecule has 2 heterocycles. The van der Waals surface area contributed by atoms with Crippen LogP contribution in [-0.2, 0) is 0 Å². The third-order valence-corrected chi connectivity index (χ3v) is 5.30. The summed E-state index contributed by atoms with van der Waals surface area (Å²) < 4.78 is 7.11. The van der Waals surface area contributed by atoms with Gasteiger partial charge in [-0.05, 0) is 30.7 Å². The van der Waals surface area contributed by atoms with Crippen LogP contribution in [0.4, 0.5) is 0 Å². The number of rotatable bonds is 9. The second kappa shape index (κ2) is 8.48. The molecule has 1 unspecified atom stereocenters. The zero-order chi connectivity index (χ0) is 18.5. The summed E-state index contributed by atoms with van der Waals surface area (Å²) in [5, 5.41) is 24.2. The summed E-state index contributed by atoms with van der Waals surface area (Å²) in [6.45, 7) is 6.07. The quantitative estimate of drug-likeness (QED) is 0.597. The number of benzene rings is 1. The van der Waals surface area contributed by atoms with Gasteiger partial charge in [0, 0.05) is 6.54 Å². The van der Waals surface area contributed by atoms with Crippen LogP contribution in [0.15, 0.2) is 30.6 Å². The minimum atomic E-state index is -0.194. The second-order valence-corrected chi connectivity index (χ2v) is 6.93. The van der Waals surface area contributed by atoms with Crippen LogP contribution in [0.2, 0.25) is 0 Å². The molecule has 0 aliphatic heterocycles. The first-order valence-corrected chi connectivity index (χ1v) is 9.60. The lowest BCUT2D eigenvalue weighted by molar-refractivity contribution is 0.174. The van der Waals surface area contributed by atoms with Crippen LogP contribution >= 0.6 is 11.3 Å². The van der Waals surface area contributed by atoms with Gasteiger partial charge in [0.15, 0.2) is 0 Å². The Labute approximate surface area is 156 Å². The Morgan fingerprint density at radius 3 is 2.65 bits per heavy atom. The minimum Gasteiger partial charge on any atom is -0.494 e. The molecule has 8 heteroatoms. The highest BCUT2D eigenvalue weighted by Gasteiger charge is 2.28. The SMILES string of the molecule is CCCOc1ccc(C(c2sc3ncnn3c2O)N(CC)CCO)cc1. The van der Waals surface area contributed by atoms with Crippen LogP contribution in [0, 0.1) is 0 Å². The molecule has 2 aromatic heterocycles. The summed E-state index contributed by atoms with van der Waals surface area (Å²) in [7, 11) is 0. The molecule has 0 spiro atoms. The highest BCUT2D eigenvalue weighted by atomic mass is 32.1. The average molecular weight is 376 g/mol. The van der Waals surface area contributed by atoms with E-state index in [4.69, 9.17) is 4.74 Å². The maximum Gasteiger partial charge on any atom is 0.230 e. The Bertz CT molecular complexity index is 831. The van der Waals surface area contributed by atoms with Gasteiger partial charge in [-0.2, -0.15) is 9.61 Å². The fourth-order valence-electron chi connectivity index (χ4n) is 2.96. The zero-order valence-corrected chi connectivity index (χ0v) is 15.8. The van der Waals surface area contributed by atoms with Gasteiger partial charge in [0.25, 0.3) is 0 Å². The number of aliphatic hydroxyl groups excluding tert-OH is 1. The number of aromatic hydroxyl groups is 1. The van der Waals surface area contributed by atoms with Crippen molar-refractivity contribution in [3.8, 4) is 11.6 Å². The van der Waals surface area contributed by atoms with Gasteiger partial charge in [-0.3, -0.25) is 4.90 Å². The standard InChI is InChI=1S/C18H24N4O3S/c1-3-11-25-14-7-5-13(6-8-14)15(21(4-2)9-10-23)16-17(24)22-18(26-16)19-12-20-22/h5-8,12,15,23-24H,3-4,9-11H2,1-2H3. The molecule has 0 bridgehead atoms. The first kappa shape index (κ1) is 18.6. The highest BCUT2D eigenvalue weighted by Crippen LogP contribution is 2.39. The van der Waals surface area contributed by atoms with E-state index in [0.29, 0.717) is 18.1 Å². The number of fused-ring (bicyclic) bond motifs is 1. The summed E-state index contributed by atoms with van der Waals surface area (Å²) in [5.74, 6) is 0.918. The summed E-state index contributed by atoms with van der Waals surface area (Å²) in [5.41, 5.74) is 1.02. The Morgan fingerprint density at radius 1 is 1.27 bits per heavy atom. The van der Waals surface area contributed by atoms with Gasteiger partial charge in [-0.1, -0.05) is 37.3 Å². The molecule has 0 saturated heterocycles. The Balaban J connectivity index is 2.00. The van der Waals surface area contributed by atoms with E-state index >= 15 is 0 Å². The van der Waals surface area contributed by atoms with Crippen molar-refractivity contribution in [3.05, 3.63) is 41.0 Å². The number of aliphatic hydroxyl groups is 1. The molecule has 3 rings (SSSR count). The molecule has 140 valence electrons. The number of nitrogens with zero attached hydrogens (tertiary/aromatic N) is 4. The van der Waals surface area contributed by atoms with Crippen molar-refractivity contribution in [2.24, 2.45) is 0 Å². The lowest BCUT2D eigenvalue weighted by atomic mass is 10.0. The molecular weight excluding hydrogens is 352 g/mol. The summed E-state index contributed by atoms with van der Waals surface area (Å²) in [6, 6.07) is 7.70. The van der Waals surface area contributed by atoms with Crippen molar-refractivity contribution in [1.82, 2.24) is 19.5 Å². The minimum absolute atomic E-state index is 0.0452. The fourth-order valence-corrected chi connectivity index (χ4v) is 4.06. The number of ether oxygens (including phenoxy) is 1. The number of hydrogen-bond donors (Lipinski definition) is 2. The van der Waals surface area contributed by atoms with E-state index < -0.39 is 0 Å². The van der Waals surface area contributed by atoms with Gasteiger partial charge in [0.1, 0.15) is 12.1 Å². The molecule has 0 aliphatic carbocycles. The van der Waals surface area contributed by atoms with E-state index in [1.807, 2.05) is 31.2 Å². The molecule has 1 aromatic carbocycles. The predicted octanol–water partition coefficient (Wildman–Crippen LogP) is 2.69. The number of aromatic nitrogens is 3. The summed E-state index contributed by atoms with van der Waals surface area (Å²) in [4.78, 5) is 7.70. The first-order valence-electron chi connectivity index (χ1n) is 8.78. The second-order valence-electron chi connectivity index (χ2n) is 5.92. The van der Waals surface area contributed by atoms with Crippen molar-refractivity contribution >= 4 is 16.3 Å². The van der Waals surface area contributed by atoms with Gasteiger partial charge >= 0.3 is 0 Å². The summed E-state index contributed by atoms with van der Waals surface area (Å²) >= 11 is 1.41. The molecule has 1 atom stereocenters. The largest absolute Gasteiger partial charge is 0.494 e. The fraction of sp³-hybridized carbons (Fsp3) is 0.444. The van der Waals surface area contributed by atoms with Crippen molar-refractivity contribution in [2.45, 2.75) is 26.3 Å². The Morgan fingerprint density at radius 2 is 2.04 bits per heavy atom. The molecule has 3 aromatic rings. The van der Waals surface area contributed by atoms with Crippen LogP contribution in [0.1, 0.15) is 36.8 Å². The van der Waals surface area contributed by atoms with E-state index in [-0.39, 0.29) is 18.5 Å². The van der Waals surface area contributed by atoms with E-state index in [1.165, 1.54) is 22.2 Å². The molecule has 26 heavy (non-hydrogen) atoms. The van der Waals surface area contributed by atoms with E-state index in [0.717, 1.165) is 29.2 Å². The number of likely N-dealkylation sites (N-methyl/N-ethyl adjacent to an activating group) is 1. The molecule has 0 radical (unpaired) electrons. The molecule has 7 nitrogen and oxygen atoms in total. The van der Waals surface area contributed by atoms with Crippen LogP contribution < -0.4 is 4.74 Å². The van der Waals surface area contributed by atoms with Crippen molar-refractivity contribution in [3.63, 3.8) is 0 Å². The van der Waals surface area contributed by atoms with E-state index in [9.17, 15) is 10.2 Å². The van der Waals surface area contributed by atoms with Crippen LogP contribution in [0.3, 0.4) is 0 Å². The molecule has 0 aliphatic rings. The Hall–Kier alpha value is -2.16. The highest BCUT2D eigenvalue weighted by molar-refractivity contribution is 7.17. The maximum atomic E-state index is 10.7. The molecule has 0 fully saturated rings. The van der Waals surface area contributed by atoms with Crippen LogP contribution in [0.25, 0.3) is 4.96 Å². The lowest BCUT2D eigenvalue weighted by Gasteiger charge is -2.29. The van der Waals surface area contributed by atoms with Crippen LogP contribution in [0.5, 0.6) is 11.6 Å². The van der Waals surface area contributed by atoms with Gasteiger partial charge in [0.05, 0.1) is 24.1 Å². The monoisotopic (exact) mass is 376 g/mol. The number of hydrogen-bond acceptors (Lipinski definition) is 7. The Kier molecular flexibility index (Phi) is 6.08. The maximum absolute atomic E-state index is 10.7. The van der Waals surface area contributed by atoms with Crippen LogP contribution in [-0.4, -0.2) is 56.0 Å². The normalized spacial score (nSPS) is 12.8. The van der Waals surface area contributed by atoms with Gasteiger partial charge in [-0.25, -0.2) is 4.98 Å². The van der Waals surface area contributed by atoms with Crippen molar-refractivity contribution in [1.29, 1.82) is 0 Å². The average Bonchev–Trinajstić information content (AvgIpc) is 3.24. The summed E-state index contributed by atoms with van der Waals surface area (Å²) in [6.07, 6.45) is 2.38.